The van der Waals surface area contributed by atoms with Crippen LogP contribution < -0.4 is 0 Å². The van der Waals surface area contributed by atoms with Gasteiger partial charge in [0, 0.05) is 134 Å². The molecule has 0 aliphatic carbocycles. The van der Waals surface area contributed by atoms with Gasteiger partial charge in [-0.05, 0) is 77.5 Å². The van der Waals surface area contributed by atoms with Gasteiger partial charge < -0.3 is 22.3 Å². The van der Waals surface area contributed by atoms with Crippen molar-refractivity contribution in [3.8, 4) is 0 Å². The number of pyridine rings is 1. The third-order valence-corrected chi connectivity index (χ3v) is 4.19. The molecule has 3 radical (unpaired) electrons. The molecule has 0 unspecified atom stereocenters. The number of aldehydes is 1. The first-order valence-corrected chi connectivity index (χ1v) is 13.3. The van der Waals surface area contributed by atoms with Crippen LogP contribution in [0.25, 0.3) is 10.8 Å². The molecule has 1 heterocycles. The summed E-state index contributed by atoms with van der Waals surface area (Å²) in [7, 11) is 0. The molecule has 0 saturated carbocycles. The van der Waals surface area contributed by atoms with Crippen LogP contribution in [0.4, 0.5) is 13.2 Å². The number of fused-ring (bicyclic) bond motifs is 1. The summed E-state index contributed by atoms with van der Waals surface area (Å²) in [5.41, 5.74) is 1.44. The molecule has 3 nitrogen and oxygen atoms in total. The number of carbonyl (C=O) groups is 1. The average Bonchev–Trinajstić information content (AvgIpc) is 2.98. The van der Waals surface area contributed by atoms with Crippen molar-refractivity contribution < 1.29 is 116 Å². The number of halogens is 3. The Hall–Kier alpha value is -0.488. The van der Waals surface area contributed by atoms with Gasteiger partial charge in [0.25, 0.3) is 0 Å². The van der Waals surface area contributed by atoms with E-state index in [1.54, 1.807) is 42.9 Å². The van der Waals surface area contributed by atoms with Crippen molar-refractivity contribution in [1.82, 2.24) is 4.98 Å². The van der Waals surface area contributed by atoms with Gasteiger partial charge in [-0.3, -0.25) is 14.8 Å². The fourth-order valence-corrected chi connectivity index (χ4v) is 2.51. The zero-order chi connectivity index (χ0) is 30.1. The molecule has 0 bridgehead atoms. The number of hydrogen-bond donors (Lipinski definition) is 0. The molecule has 0 aliphatic heterocycles. The van der Waals surface area contributed by atoms with Crippen molar-refractivity contribution in [1.29, 1.82) is 0 Å². The summed E-state index contributed by atoms with van der Waals surface area (Å²) < 4.78 is 37.2. The van der Waals surface area contributed by atoms with Gasteiger partial charge in [-0.1, -0.05) is 67.5 Å². The van der Waals surface area contributed by atoms with Gasteiger partial charge in [0.05, 0.1) is 0 Å². The third kappa shape index (κ3) is 33.2. The molecule has 1 aromatic heterocycles. The predicted molar refractivity (Wildman–Crippen MR) is 180 cm³/mol. The van der Waals surface area contributed by atoms with Crippen LogP contribution in [0.5, 0.6) is 0 Å². The zero-order valence-electron chi connectivity index (χ0n) is 29.2. The number of nitrogens with zero attached hydrogens (tertiary/aromatic N) is 2. The fraction of sp³-hybridized carbons (Fsp3) is 0.278. The van der Waals surface area contributed by atoms with E-state index in [1.807, 2.05) is 41.5 Å². The summed E-state index contributed by atoms with van der Waals surface area (Å²) in [5.74, 6) is -0.165. The SMILES string of the molecule is CC.CC.CC.CC(C)CN=Cc1ccc(F)cc1.Fc1ccc2cnccc2c1.O=Cc1ccc(F)cc1.[CH3-].[CH3-].[CH3-].[Y].[Y].[Y]. The second-order valence-electron chi connectivity index (χ2n) is 7.48. The van der Waals surface area contributed by atoms with E-state index in [1.165, 1.54) is 48.5 Å². The molecular weight excluding hydrogens is 800 g/mol. The van der Waals surface area contributed by atoms with Crippen LogP contribution in [0.3, 0.4) is 0 Å². The van der Waals surface area contributed by atoms with Crippen molar-refractivity contribution >= 4 is 23.3 Å². The smallest absolute Gasteiger partial charge is 0.150 e. The first-order chi connectivity index (χ1) is 18.9. The molecule has 245 valence electrons. The van der Waals surface area contributed by atoms with Crippen LogP contribution in [0.1, 0.15) is 71.3 Å². The van der Waals surface area contributed by atoms with Gasteiger partial charge in [-0.2, -0.15) is 0 Å². The second-order valence-corrected chi connectivity index (χ2v) is 7.48. The maximum absolute atomic E-state index is 12.6. The van der Waals surface area contributed by atoms with Crippen molar-refractivity contribution in [2.24, 2.45) is 10.9 Å². The third-order valence-electron chi connectivity index (χ3n) is 4.19. The van der Waals surface area contributed by atoms with Crippen LogP contribution in [0.2, 0.25) is 0 Å². The maximum Gasteiger partial charge on any atom is 0.150 e. The van der Waals surface area contributed by atoms with E-state index in [0.717, 1.165) is 22.9 Å². The molecule has 45 heavy (non-hydrogen) atoms. The zero-order valence-corrected chi connectivity index (χ0v) is 37.7. The first kappa shape index (κ1) is 63.2. The van der Waals surface area contributed by atoms with Gasteiger partial charge in [0.1, 0.15) is 23.7 Å². The molecule has 0 spiro atoms. The van der Waals surface area contributed by atoms with Crippen LogP contribution in [-0.2, 0) is 98.1 Å². The molecule has 9 heteroatoms. The minimum Gasteiger partial charge on any atom is -0.358 e. The first-order valence-electron chi connectivity index (χ1n) is 13.3. The minimum absolute atomic E-state index is 0. The molecule has 4 rings (SSSR count). The summed E-state index contributed by atoms with van der Waals surface area (Å²) >= 11 is 0. The summed E-state index contributed by atoms with van der Waals surface area (Å²) in [5, 5.41) is 1.86. The normalized spacial score (nSPS) is 8.00. The van der Waals surface area contributed by atoms with Gasteiger partial charge in [0.15, 0.2) is 0 Å². The van der Waals surface area contributed by atoms with E-state index in [4.69, 9.17) is 0 Å². The van der Waals surface area contributed by atoms with Crippen molar-refractivity contribution in [2.75, 3.05) is 6.54 Å². The van der Waals surface area contributed by atoms with E-state index in [9.17, 15) is 18.0 Å². The summed E-state index contributed by atoms with van der Waals surface area (Å²) in [6.07, 6.45) is 5.83. The largest absolute Gasteiger partial charge is 0.358 e. The number of aliphatic imine (C=N–C) groups is 1. The number of benzene rings is 3. The molecule has 0 amide bonds. The monoisotopic (exact) mass is 852 g/mol. The number of aromatic nitrogens is 1. The Morgan fingerprint density at radius 1 is 0.644 bits per heavy atom. The molecule has 0 N–H and O–H groups in total. The molecule has 0 aliphatic rings. The van der Waals surface area contributed by atoms with E-state index in [2.05, 4.69) is 23.8 Å². The van der Waals surface area contributed by atoms with Gasteiger partial charge in [-0.15, -0.1) is 0 Å². The van der Waals surface area contributed by atoms with E-state index in [0.29, 0.717) is 17.8 Å². The van der Waals surface area contributed by atoms with Gasteiger partial charge in [0.2, 0.25) is 0 Å². The Labute approximate surface area is 349 Å². The van der Waals surface area contributed by atoms with Crippen LogP contribution in [0.15, 0.2) is 90.2 Å². The summed E-state index contributed by atoms with van der Waals surface area (Å²) in [6.45, 7) is 17.0. The molecule has 3 aromatic carbocycles. The Morgan fingerprint density at radius 3 is 1.49 bits per heavy atom. The summed E-state index contributed by atoms with van der Waals surface area (Å²) in [6, 6.07) is 18.1. The van der Waals surface area contributed by atoms with Crippen molar-refractivity contribution in [3.05, 3.63) is 136 Å². The molecule has 4 aromatic rings. The predicted octanol–water partition coefficient (Wildman–Crippen LogP) is 11.3. The quantitative estimate of drug-likeness (QED) is 0.117. The van der Waals surface area contributed by atoms with Crippen LogP contribution in [-0.4, -0.2) is 24.0 Å². The van der Waals surface area contributed by atoms with Crippen molar-refractivity contribution in [2.45, 2.75) is 55.4 Å². The Balaban J connectivity index is -0.0000000665. The molecule has 0 atom stereocenters. The standard InChI is InChI=1S/C11H14FN.C9H6FN.C7H5FO.3C2H6.3CH3.3Y/c1-9(2)7-13-8-10-3-5-11(12)6-4-10;10-9-2-1-8-6-11-4-3-7(8)5-9;8-7-3-1-6(5-9)2-4-7;3*1-2;;;;;;/h3-6,8-9H,7H2,1-2H3;1-6H;1-5H;3*1-2H3;3*1H3;;;/q;;;;;;3*-1;;;. The number of hydrogen-bond acceptors (Lipinski definition) is 3. The minimum atomic E-state index is -0.319. The maximum atomic E-state index is 12.6. The number of rotatable bonds is 4. The topological polar surface area (TPSA) is 42.3 Å². The Morgan fingerprint density at radius 2 is 1.07 bits per heavy atom. The fourth-order valence-electron chi connectivity index (χ4n) is 2.51. The van der Waals surface area contributed by atoms with E-state index >= 15 is 0 Å². The molecule has 0 fully saturated rings. The molecule has 0 saturated heterocycles. The van der Waals surface area contributed by atoms with Crippen LogP contribution in [0, 0.1) is 45.6 Å². The summed E-state index contributed by atoms with van der Waals surface area (Å²) in [4.78, 5) is 18.1. The Bertz CT molecular complexity index is 1180. The molecular formula is C36H52F3N2OY3-3. The van der Waals surface area contributed by atoms with Crippen molar-refractivity contribution in [3.63, 3.8) is 0 Å². The Kier molecular flexibility index (Phi) is 61.1. The average molecular weight is 853 g/mol. The number of carbonyl (C=O) groups excluding carboxylic acids is 1. The van der Waals surface area contributed by atoms with Crippen LogP contribution >= 0.6 is 0 Å². The second kappa shape index (κ2) is 43.5. The van der Waals surface area contributed by atoms with E-state index in [-0.39, 0.29) is 138 Å². The van der Waals surface area contributed by atoms with E-state index < -0.39 is 0 Å². The van der Waals surface area contributed by atoms with Gasteiger partial charge >= 0.3 is 0 Å². The van der Waals surface area contributed by atoms with Gasteiger partial charge in [-0.25, -0.2) is 13.2 Å².